The Labute approximate surface area is 100 Å². The minimum Gasteiger partial charge on any atom is -0.311 e. The number of rotatable bonds is 5. The van der Waals surface area contributed by atoms with E-state index in [9.17, 15) is 4.39 Å². The fourth-order valence-corrected chi connectivity index (χ4v) is 1.65. The number of nitrogens with one attached hydrogen (secondary N) is 1. The van der Waals surface area contributed by atoms with Crippen molar-refractivity contribution in [2.24, 2.45) is 0 Å². The summed E-state index contributed by atoms with van der Waals surface area (Å²) in [7, 11) is 0. The van der Waals surface area contributed by atoms with Gasteiger partial charge in [0.2, 0.25) is 0 Å². The molecule has 0 aliphatic rings. The van der Waals surface area contributed by atoms with E-state index >= 15 is 0 Å². The van der Waals surface area contributed by atoms with Crippen LogP contribution in [0.5, 0.6) is 0 Å². The second kappa shape index (κ2) is 5.59. The molecule has 0 amide bonds. The molecule has 4 heteroatoms. The van der Waals surface area contributed by atoms with Gasteiger partial charge in [0.05, 0.1) is 12.7 Å². The molecule has 0 atom stereocenters. The highest BCUT2D eigenvalue weighted by atomic mass is 19.1. The molecule has 2 rings (SSSR count). The van der Waals surface area contributed by atoms with Gasteiger partial charge in [-0.2, -0.15) is 5.10 Å². The predicted molar refractivity (Wildman–Crippen MR) is 65.1 cm³/mol. The highest BCUT2D eigenvalue weighted by Crippen LogP contribution is 2.05. The van der Waals surface area contributed by atoms with Crippen molar-refractivity contribution in [1.82, 2.24) is 15.1 Å². The van der Waals surface area contributed by atoms with Crippen molar-refractivity contribution in [3.63, 3.8) is 0 Å². The van der Waals surface area contributed by atoms with Crippen molar-refractivity contribution >= 4 is 0 Å². The Morgan fingerprint density at radius 3 is 2.88 bits per heavy atom. The lowest BCUT2D eigenvalue weighted by Crippen LogP contribution is -2.20. The predicted octanol–water partition coefficient (Wildman–Crippen LogP) is 2.12. The van der Waals surface area contributed by atoms with Gasteiger partial charge in [-0.15, -0.1) is 0 Å². The van der Waals surface area contributed by atoms with Gasteiger partial charge in [-0.05, 0) is 18.6 Å². The lowest BCUT2D eigenvalue weighted by atomic mass is 10.2. The Bertz CT molecular complexity index is 479. The van der Waals surface area contributed by atoms with Gasteiger partial charge >= 0.3 is 0 Å². The van der Waals surface area contributed by atoms with Crippen LogP contribution in [0, 0.1) is 12.7 Å². The van der Waals surface area contributed by atoms with Gasteiger partial charge in [-0.1, -0.05) is 18.2 Å². The van der Waals surface area contributed by atoms with Crippen molar-refractivity contribution in [2.75, 3.05) is 6.54 Å². The van der Waals surface area contributed by atoms with Gasteiger partial charge in [0, 0.05) is 24.8 Å². The highest BCUT2D eigenvalue weighted by Gasteiger charge is 1.99. The summed E-state index contributed by atoms with van der Waals surface area (Å²) >= 11 is 0. The standard InChI is InChI=1S/C13H16FN3/c1-11-8-16-17(10-11)7-6-15-9-12-4-2-3-5-13(12)14/h2-5,8,10,15H,6-7,9H2,1H3. The molecule has 1 N–H and O–H groups in total. The van der Waals surface area contributed by atoms with E-state index in [4.69, 9.17) is 0 Å². The van der Waals surface area contributed by atoms with Gasteiger partial charge in [0.25, 0.3) is 0 Å². The topological polar surface area (TPSA) is 29.9 Å². The Morgan fingerprint density at radius 1 is 1.35 bits per heavy atom. The summed E-state index contributed by atoms with van der Waals surface area (Å²) in [5, 5.41) is 7.38. The van der Waals surface area contributed by atoms with Gasteiger partial charge < -0.3 is 5.32 Å². The Morgan fingerprint density at radius 2 is 2.18 bits per heavy atom. The van der Waals surface area contributed by atoms with Crippen LogP contribution in [0.3, 0.4) is 0 Å². The number of benzene rings is 1. The molecule has 2 aromatic rings. The van der Waals surface area contributed by atoms with Crippen LogP contribution in [-0.4, -0.2) is 16.3 Å². The smallest absolute Gasteiger partial charge is 0.127 e. The monoisotopic (exact) mass is 233 g/mol. The average Bonchev–Trinajstić information content (AvgIpc) is 2.73. The molecule has 1 aromatic carbocycles. The van der Waals surface area contributed by atoms with Crippen LogP contribution in [0.25, 0.3) is 0 Å². The zero-order valence-corrected chi connectivity index (χ0v) is 9.86. The van der Waals surface area contributed by atoms with E-state index in [0.29, 0.717) is 12.1 Å². The van der Waals surface area contributed by atoms with Crippen molar-refractivity contribution in [3.8, 4) is 0 Å². The molecule has 0 aliphatic heterocycles. The fourth-order valence-electron chi connectivity index (χ4n) is 1.65. The maximum Gasteiger partial charge on any atom is 0.127 e. The highest BCUT2D eigenvalue weighted by molar-refractivity contribution is 5.16. The number of aryl methyl sites for hydroxylation is 1. The summed E-state index contributed by atoms with van der Waals surface area (Å²) in [6.45, 7) is 4.13. The molecule has 0 spiro atoms. The molecule has 0 fully saturated rings. The van der Waals surface area contributed by atoms with Crippen LogP contribution in [0.15, 0.2) is 36.7 Å². The first-order valence-corrected chi connectivity index (χ1v) is 5.69. The van der Waals surface area contributed by atoms with E-state index in [0.717, 1.165) is 18.7 Å². The van der Waals surface area contributed by atoms with Crippen molar-refractivity contribution in [3.05, 3.63) is 53.6 Å². The molecule has 3 nitrogen and oxygen atoms in total. The van der Waals surface area contributed by atoms with Gasteiger partial charge in [0.15, 0.2) is 0 Å². The minimum absolute atomic E-state index is 0.157. The second-order valence-electron chi connectivity index (χ2n) is 4.05. The van der Waals surface area contributed by atoms with E-state index in [1.54, 1.807) is 12.1 Å². The van der Waals surface area contributed by atoms with Gasteiger partial charge in [-0.25, -0.2) is 4.39 Å². The van der Waals surface area contributed by atoms with E-state index in [2.05, 4.69) is 10.4 Å². The van der Waals surface area contributed by atoms with Crippen molar-refractivity contribution in [2.45, 2.75) is 20.0 Å². The fraction of sp³-hybridized carbons (Fsp3) is 0.308. The Hall–Kier alpha value is -1.68. The zero-order chi connectivity index (χ0) is 12.1. The van der Waals surface area contributed by atoms with E-state index in [-0.39, 0.29) is 5.82 Å². The maximum atomic E-state index is 13.3. The first-order chi connectivity index (χ1) is 8.25. The number of halogens is 1. The molecule has 17 heavy (non-hydrogen) atoms. The molecule has 90 valence electrons. The molecule has 0 saturated heterocycles. The third-order valence-electron chi connectivity index (χ3n) is 2.55. The normalized spacial score (nSPS) is 10.7. The molecule has 0 saturated carbocycles. The first kappa shape index (κ1) is 11.8. The Balaban J connectivity index is 1.75. The largest absolute Gasteiger partial charge is 0.311 e. The number of aromatic nitrogens is 2. The summed E-state index contributed by atoms with van der Waals surface area (Å²) in [6, 6.07) is 6.82. The summed E-state index contributed by atoms with van der Waals surface area (Å²) < 4.78 is 15.2. The number of hydrogen-bond donors (Lipinski definition) is 1. The average molecular weight is 233 g/mol. The number of hydrogen-bond acceptors (Lipinski definition) is 2. The van der Waals surface area contributed by atoms with Crippen molar-refractivity contribution in [1.29, 1.82) is 0 Å². The third kappa shape index (κ3) is 3.39. The van der Waals surface area contributed by atoms with Gasteiger partial charge in [0.1, 0.15) is 5.82 Å². The van der Waals surface area contributed by atoms with Crippen LogP contribution < -0.4 is 5.32 Å². The quantitative estimate of drug-likeness (QED) is 0.802. The second-order valence-corrected chi connectivity index (χ2v) is 4.05. The van der Waals surface area contributed by atoms with E-state index in [1.165, 1.54) is 6.07 Å². The minimum atomic E-state index is -0.157. The molecule has 1 aromatic heterocycles. The Kier molecular flexibility index (Phi) is 3.88. The van der Waals surface area contributed by atoms with Crippen LogP contribution in [0.1, 0.15) is 11.1 Å². The molecular weight excluding hydrogens is 217 g/mol. The molecule has 0 radical (unpaired) electrons. The molecular formula is C13H16FN3. The van der Waals surface area contributed by atoms with E-state index in [1.807, 2.05) is 30.1 Å². The first-order valence-electron chi connectivity index (χ1n) is 5.69. The van der Waals surface area contributed by atoms with Gasteiger partial charge in [-0.3, -0.25) is 4.68 Å². The third-order valence-corrected chi connectivity index (χ3v) is 2.55. The summed E-state index contributed by atoms with van der Waals surface area (Å²) in [5.41, 5.74) is 1.85. The lowest BCUT2D eigenvalue weighted by Gasteiger charge is -2.06. The summed E-state index contributed by atoms with van der Waals surface area (Å²) in [5.74, 6) is -0.157. The van der Waals surface area contributed by atoms with Crippen LogP contribution in [-0.2, 0) is 13.1 Å². The summed E-state index contributed by atoms with van der Waals surface area (Å²) in [4.78, 5) is 0. The molecule has 1 heterocycles. The van der Waals surface area contributed by atoms with Crippen molar-refractivity contribution < 1.29 is 4.39 Å². The zero-order valence-electron chi connectivity index (χ0n) is 9.86. The molecule has 0 unspecified atom stereocenters. The molecule has 0 bridgehead atoms. The summed E-state index contributed by atoms with van der Waals surface area (Å²) in [6.07, 6.45) is 3.82. The lowest BCUT2D eigenvalue weighted by molar-refractivity contribution is 0.540. The van der Waals surface area contributed by atoms with Crippen LogP contribution in [0.4, 0.5) is 4.39 Å². The maximum absolute atomic E-state index is 13.3. The van der Waals surface area contributed by atoms with Crippen LogP contribution in [0.2, 0.25) is 0 Å². The SMILES string of the molecule is Cc1cnn(CCNCc2ccccc2F)c1. The molecule has 0 aliphatic carbocycles. The van der Waals surface area contributed by atoms with E-state index < -0.39 is 0 Å². The number of nitrogens with zero attached hydrogens (tertiary/aromatic N) is 2. The van der Waals surface area contributed by atoms with Crippen LogP contribution >= 0.6 is 0 Å².